The summed E-state index contributed by atoms with van der Waals surface area (Å²) in [4.78, 5) is 16.8. The molecule has 0 fully saturated rings. The summed E-state index contributed by atoms with van der Waals surface area (Å²) in [6, 6.07) is 12.9. The molecule has 0 aliphatic heterocycles. The Labute approximate surface area is 215 Å². The zero-order chi connectivity index (χ0) is 27.5. The second kappa shape index (κ2) is 10.7. The monoisotopic (exact) mass is 553 g/mol. The van der Waals surface area contributed by atoms with E-state index in [1.54, 1.807) is 53.2 Å². The third kappa shape index (κ3) is 6.25. The molecule has 1 amide bonds. The number of aromatic nitrogens is 4. The van der Waals surface area contributed by atoms with Gasteiger partial charge in [-0.3, -0.25) is 14.3 Å². The van der Waals surface area contributed by atoms with E-state index in [-0.39, 0.29) is 17.0 Å². The maximum atomic E-state index is 13.1. The molecule has 0 radical (unpaired) electrons. The van der Waals surface area contributed by atoms with Gasteiger partial charge in [-0.15, -0.1) is 10.2 Å². The predicted molar refractivity (Wildman–Crippen MR) is 127 cm³/mol. The Balaban J connectivity index is 1.59. The maximum Gasteiger partial charge on any atom is 0.416 e. The van der Waals surface area contributed by atoms with Gasteiger partial charge in [0.05, 0.1) is 29.7 Å². The van der Waals surface area contributed by atoms with Crippen LogP contribution in [0.2, 0.25) is 0 Å². The van der Waals surface area contributed by atoms with Gasteiger partial charge in [-0.05, 0) is 54.6 Å². The van der Waals surface area contributed by atoms with E-state index in [0.29, 0.717) is 35.1 Å². The predicted octanol–water partition coefficient (Wildman–Crippen LogP) is 6.11. The quantitative estimate of drug-likeness (QED) is 0.220. The van der Waals surface area contributed by atoms with Crippen LogP contribution < -0.4 is 10.1 Å². The molecule has 7 nitrogen and oxygen atoms in total. The lowest BCUT2D eigenvalue weighted by atomic mass is 10.1. The van der Waals surface area contributed by atoms with Gasteiger partial charge in [0.25, 0.3) is 0 Å². The summed E-state index contributed by atoms with van der Waals surface area (Å²) >= 11 is 0.888. The second-order valence-corrected chi connectivity index (χ2v) is 8.63. The molecule has 2 aromatic carbocycles. The zero-order valence-electron chi connectivity index (χ0n) is 19.3. The first-order chi connectivity index (χ1) is 18.0. The fraction of sp³-hybridized carbons (Fsp3) is 0.167. The number of hydrogen-bond donors (Lipinski definition) is 1. The second-order valence-electron chi connectivity index (χ2n) is 7.69. The highest BCUT2D eigenvalue weighted by molar-refractivity contribution is 7.99. The van der Waals surface area contributed by atoms with Crippen LogP contribution >= 0.6 is 11.8 Å². The van der Waals surface area contributed by atoms with Crippen molar-refractivity contribution >= 4 is 23.4 Å². The van der Waals surface area contributed by atoms with Gasteiger partial charge in [0, 0.05) is 11.9 Å². The number of anilines is 1. The number of benzene rings is 2. The minimum Gasteiger partial charge on any atom is -0.497 e. The fourth-order valence-corrected chi connectivity index (χ4v) is 4.09. The molecule has 0 saturated heterocycles. The molecule has 0 unspecified atom stereocenters. The van der Waals surface area contributed by atoms with Crippen molar-refractivity contribution in [2.45, 2.75) is 17.5 Å². The van der Waals surface area contributed by atoms with Crippen LogP contribution in [0.5, 0.6) is 5.75 Å². The van der Waals surface area contributed by atoms with E-state index in [2.05, 4.69) is 20.5 Å². The van der Waals surface area contributed by atoms with Crippen LogP contribution in [0.15, 0.2) is 72.0 Å². The third-order valence-corrected chi connectivity index (χ3v) is 5.99. The lowest BCUT2D eigenvalue weighted by Gasteiger charge is -2.15. The number of halogens is 6. The van der Waals surface area contributed by atoms with Gasteiger partial charge in [0.15, 0.2) is 11.0 Å². The Morgan fingerprint density at radius 2 is 1.61 bits per heavy atom. The largest absolute Gasteiger partial charge is 0.497 e. The normalized spacial score (nSPS) is 11.9. The molecule has 0 bridgehead atoms. The lowest BCUT2D eigenvalue weighted by Crippen LogP contribution is -2.17. The van der Waals surface area contributed by atoms with Gasteiger partial charge in [-0.2, -0.15) is 26.3 Å². The Morgan fingerprint density at radius 1 is 0.947 bits per heavy atom. The average Bonchev–Trinajstić information content (AvgIpc) is 3.31. The van der Waals surface area contributed by atoms with Gasteiger partial charge in [0.2, 0.25) is 5.91 Å². The topological polar surface area (TPSA) is 81.9 Å². The number of carbonyl (C=O) groups is 1. The molecule has 2 heterocycles. The molecule has 38 heavy (non-hydrogen) atoms. The van der Waals surface area contributed by atoms with Gasteiger partial charge in [0.1, 0.15) is 11.4 Å². The molecule has 0 saturated carbocycles. The van der Waals surface area contributed by atoms with Crippen molar-refractivity contribution in [3.8, 4) is 23.0 Å². The van der Waals surface area contributed by atoms with Crippen LogP contribution in [0.25, 0.3) is 17.2 Å². The standard InChI is InChI=1S/C24H17F6N5O2S/c1-37-18-7-5-17(6-8-18)35-21(19-4-2-3-9-31-19)33-34-22(35)38-13-20(36)32-16-11-14(23(25,26)27)10-15(12-16)24(28,29)30/h2-12H,13H2,1H3,(H,32,36). The van der Waals surface area contributed by atoms with Crippen molar-refractivity contribution in [1.82, 2.24) is 19.7 Å². The summed E-state index contributed by atoms with van der Waals surface area (Å²) in [7, 11) is 1.51. The number of rotatable bonds is 7. The molecular formula is C24H17F6N5O2S. The lowest BCUT2D eigenvalue weighted by molar-refractivity contribution is -0.143. The number of carbonyl (C=O) groups excluding carboxylic acids is 1. The molecular weight excluding hydrogens is 536 g/mol. The number of hydrogen-bond acceptors (Lipinski definition) is 6. The summed E-state index contributed by atoms with van der Waals surface area (Å²) in [5.41, 5.74) is -2.62. The first-order valence-corrected chi connectivity index (χ1v) is 11.7. The van der Waals surface area contributed by atoms with Crippen molar-refractivity contribution in [1.29, 1.82) is 0 Å². The van der Waals surface area contributed by atoms with Crippen molar-refractivity contribution in [2.24, 2.45) is 0 Å². The van der Waals surface area contributed by atoms with Gasteiger partial charge in [-0.1, -0.05) is 17.8 Å². The molecule has 4 rings (SSSR count). The van der Waals surface area contributed by atoms with Gasteiger partial charge in [-0.25, -0.2) is 0 Å². The van der Waals surface area contributed by atoms with E-state index in [9.17, 15) is 31.1 Å². The number of amides is 1. The van der Waals surface area contributed by atoms with Gasteiger partial charge >= 0.3 is 12.4 Å². The Bertz CT molecular complexity index is 1390. The van der Waals surface area contributed by atoms with Crippen molar-refractivity contribution < 1.29 is 35.9 Å². The highest BCUT2D eigenvalue weighted by Gasteiger charge is 2.37. The maximum absolute atomic E-state index is 13.1. The molecule has 0 atom stereocenters. The molecule has 0 spiro atoms. The molecule has 2 aromatic heterocycles. The Kier molecular flexibility index (Phi) is 7.62. The number of nitrogens with zero attached hydrogens (tertiary/aromatic N) is 4. The van der Waals surface area contributed by atoms with Crippen LogP contribution in [-0.2, 0) is 17.1 Å². The van der Waals surface area contributed by atoms with Crippen LogP contribution in [0.3, 0.4) is 0 Å². The number of pyridine rings is 1. The first-order valence-electron chi connectivity index (χ1n) is 10.7. The minimum atomic E-state index is -5.04. The highest BCUT2D eigenvalue weighted by Crippen LogP contribution is 2.37. The summed E-state index contributed by atoms with van der Waals surface area (Å²) in [6.07, 6.45) is -8.51. The number of methoxy groups -OCH3 is 1. The van der Waals surface area contributed by atoms with Crippen molar-refractivity contribution in [2.75, 3.05) is 18.2 Å². The van der Waals surface area contributed by atoms with Gasteiger partial charge < -0.3 is 10.1 Å². The number of ether oxygens (including phenoxy) is 1. The average molecular weight is 553 g/mol. The molecule has 4 aromatic rings. The number of nitrogens with one attached hydrogen (secondary N) is 1. The van der Waals surface area contributed by atoms with E-state index in [1.165, 1.54) is 7.11 Å². The van der Waals surface area contributed by atoms with Crippen molar-refractivity contribution in [3.05, 3.63) is 78.0 Å². The van der Waals surface area contributed by atoms with Crippen LogP contribution in [0, 0.1) is 0 Å². The zero-order valence-corrected chi connectivity index (χ0v) is 20.2. The first kappa shape index (κ1) is 27.0. The number of alkyl halides is 6. The number of thioether (sulfide) groups is 1. The third-order valence-electron chi connectivity index (χ3n) is 5.06. The van der Waals surface area contributed by atoms with E-state index < -0.39 is 35.1 Å². The van der Waals surface area contributed by atoms with Crippen molar-refractivity contribution in [3.63, 3.8) is 0 Å². The molecule has 14 heteroatoms. The summed E-state index contributed by atoms with van der Waals surface area (Å²) < 4.78 is 85.5. The molecule has 198 valence electrons. The summed E-state index contributed by atoms with van der Waals surface area (Å²) in [5.74, 6) is -0.278. The molecule has 1 N–H and O–H groups in total. The summed E-state index contributed by atoms with van der Waals surface area (Å²) in [6.45, 7) is 0. The smallest absolute Gasteiger partial charge is 0.416 e. The van der Waals surface area contributed by atoms with E-state index in [1.807, 2.05) is 0 Å². The fourth-order valence-electron chi connectivity index (χ4n) is 3.34. The molecule has 0 aliphatic carbocycles. The minimum absolute atomic E-state index is 0.0130. The van der Waals surface area contributed by atoms with E-state index in [0.717, 1.165) is 11.8 Å². The molecule has 0 aliphatic rings. The van der Waals surface area contributed by atoms with E-state index >= 15 is 0 Å². The van der Waals surface area contributed by atoms with E-state index in [4.69, 9.17) is 4.74 Å². The Hall–Kier alpha value is -4.07. The van der Waals surface area contributed by atoms with Crippen LogP contribution in [-0.4, -0.2) is 38.5 Å². The SMILES string of the molecule is COc1ccc(-n2c(SCC(=O)Nc3cc(C(F)(F)F)cc(C(F)(F)F)c3)nnc2-c2ccccn2)cc1. The van der Waals surface area contributed by atoms with Crippen LogP contribution in [0.1, 0.15) is 11.1 Å². The summed E-state index contributed by atoms with van der Waals surface area (Å²) in [5, 5.41) is 10.6. The highest BCUT2D eigenvalue weighted by atomic mass is 32.2. The van der Waals surface area contributed by atoms with Crippen LogP contribution in [0.4, 0.5) is 32.0 Å². The Morgan fingerprint density at radius 3 is 2.16 bits per heavy atom.